The number of hydrogen-bond donors (Lipinski definition) is 1. The van der Waals surface area contributed by atoms with Crippen LogP contribution in [0, 0.1) is 0 Å². The van der Waals surface area contributed by atoms with E-state index in [1.807, 2.05) is 24.3 Å². The predicted octanol–water partition coefficient (Wildman–Crippen LogP) is 4.22. The van der Waals surface area contributed by atoms with Gasteiger partial charge in [0.2, 0.25) is 0 Å². The molecule has 0 spiro atoms. The van der Waals surface area contributed by atoms with E-state index in [-0.39, 0.29) is 5.69 Å². The molecule has 2 rings (SSSR count). The fraction of sp³-hybridized carbons (Fsp3) is 0.333. The van der Waals surface area contributed by atoms with E-state index >= 15 is 0 Å². The topological polar surface area (TPSA) is 50.2 Å². The summed E-state index contributed by atoms with van der Waals surface area (Å²) in [7, 11) is 0. The molecule has 0 saturated heterocycles. The van der Waals surface area contributed by atoms with Crippen molar-refractivity contribution in [1.82, 2.24) is 4.98 Å². The second kappa shape index (κ2) is 6.57. The van der Waals surface area contributed by atoms with Gasteiger partial charge in [0, 0.05) is 5.39 Å². The van der Waals surface area contributed by atoms with Crippen molar-refractivity contribution in [3.8, 4) is 0 Å². The summed E-state index contributed by atoms with van der Waals surface area (Å²) in [5, 5.41) is 11.9. The van der Waals surface area contributed by atoms with Crippen molar-refractivity contribution in [2.24, 2.45) is 0 Å². The molecular formula is C15H17NO2S. The quantitative estimate of drug-likeness (QED) is 0.633. The number of fused-ring (bicyclic) bond motifs is 1. The number of aromatic carboxylic acids is 1. The molecule has 0 aliphatic carbocycles. The summed E-state index contributed by atoms with van der Waals surface area (Å²) in [6.45, 7) is 2.17. The van der Waals surface area contributed by atoms with Gasteiger partial charge >= 0.3 is 5.97 Å². The molecular weight excluding hydrogens is 258 g/mol. The molecule has 19 heavy (non-hydrogen) atoms. The van der Waals surface area contributed by atoms with Gasteiger partial charge in [-0.05, 0) is 23.6 Å². The fourth-order valence-corrected chi connectivity index (χ4v) is 2.95. The number of nitrogens with zero attached hydrogens (tertiary/aromatic N) is 1. The minimum atomic E-state index is -0.971. The van der Waals surface area contributed by atoms with Crippen LogP contribution in [0.1, 0.15) is 36.7 Å². The molecule has 0 saturated carbocycles. The molecule has 1 aromatic carbocycles. The van der Waals surface area contributed by atoms with Gasteiger partial charge in [-0.1, -0.05) is 44.0 Å². The molecule has 100 valence electrons. The van der Waals surface area contributed by atoms with Gasteiger partial charge in [0.05, 0.1) is 0 Å². The lowest BCUT2D eigenvalue weighted by Crippen LogP contribution is -2.01. The smallest absolute Gasteiger partial charge is 0.354 e. The van der Waals surface area contributed by atoms with Gasteiger partial charge in [-0.3, -0.25) is 0 Å². The molecule has 0 bridgehead atoms. The third-order valence-corrected chi connectivity index (χ3v) is 3.99. The first-order chi connectivity index (χ1) is 9.22. The lowest BCUT2D eigenvalue weighted by Gasteiger charge is -2.07. The molecule has 0 radical (unpaired) electrons. The Kier molecular flexibility index (Phi) is 4.80. The van der Waals surface area contributed by atoms with Crippen molar-refractivity contribution < 1.29 is 9.90 Å². The van der Waals surface area contributed by atoms with E-state index in [0.717, 1.165) is 28.0 Å². The summed E-state index contributed by atoms with van der Waals surface area (Å²) in [6, 6.07) is 9.43. The normalized spacial score (nSPS) is 10.8. The van der Waals surface area contributed by atoms with Crippen LogP contribution in [0.5, 0.6) is 0 Å². The highest BCUT2D eigenvalue weighted by atomic mass is 32.2. The molecule has 1 heterocycles. The summed E-state index contributed by atoms with van der Waals surface area (Å²) >= 11 is 1.65. The maximum absolute atomic E-state index is 11.1. The number of carboxylic acid groups (broad SMARTS) is 1. The number of unbranched alkanes of at least 4 members (excludes halogenated alkanes) is 2. The van der Waals surface area contributed by atoms with Gasteiger partial charge in [0.15, 0.2) is 0 Å². The van der Waals surface area contributed by atoms with Crippen molar-refractivity contribution in [2.45, 2.75) is 31.2 Å². The highest BCUT2D eigenvalue weighted by Crippen LogP contribution is 2.27. The first kappa shape index (κ1) is 13.9. The van der Waals surface area contributed by atoms with Gasteiger partial charge in [-0.15, -0.1) is 11.8 Å². The molecule has 0 aliphatic rings. The van der Waals surface area contributed by atoms with Crippen LogP contribution < -0.4 is 0 Å². The Morgan fingerprint density at radius 1 is 1.32 bits per heavy atom. The van der Waals surface area contributed by atoms with E-state index in [2.05, 4.69) is 11.9 Å². The zero-order valence-corrected chi connectivity index (χ0v) is 11.7. The van der Waals surface area contributed by atoms with E-state index in [4.69, 9.17) is 5.11 Å². The van der Waals surface area contributed by atoms with Crippen LogP contribution in [0.15, 0.2) is 35.4 Å². The number of benzene rings is 1. The van der Waals surface area contributed by atoms with E-state index in [9.17, 15) is 4.79 Å². The summed E-state index contributed by atoms with van der Waals surface area (Å²) < 4.78 is 0. The van der Waals surface area contributed by atoms with E-state index in [1.165, 1.54) is 12.8 Å². The van der Waals surface area contributed by atoms with Crippen LogP contribution in [0.3, 0.4) is 0 Å². The SMILES string of the molecule is CCCCCSc1nc(C(=O)O)cc2ccccc12. The lowest BCUT2D eigenvalue weighted by molar-refractivity contribution is 0.0690. The van der Waals surface area contributed by atoms with E-state index in [0.29, 0.717) is 0 Å². The minimum absolute atomic E-state index is 0.122. The van der Waals surface area contributed by atoms with Gasteiger partial charge < -0.3 is 5.11 Å². The van der Waals surface area contributed by atoms with Gasteiger partial charge in [0.25, 0.3) is 0 Å². The van der Waals surface area contributed by atoms with Crippen molar-refractivity contribution >= 4 is 28.5 Å². The second-order valence-electron chi connectivity index (χ2n) is 4.39. The van der Waals surface area contributed by atoms with Crippen LogP contribution in [0.2, 0.25) is 0 Å². The summed E-state index contributed by atoms with van der Waals surface area (Å²) in [6.07, 6.45) is 3.52. The highest BCUT2D eigenvalue weighted by Gasteiger charge is 2.10. The molecule has 1 aromatic heterocycles. The zero-order valence-electron chi connectivity index (χ0n) is 10.9. The number of hydrogen-bond acceptors (Lipinski definition) is 3. The standard InChI is InChI=1S/C15H17NO2S/c1-2-3-6-9-19-14-12-8-5-4-7-11(12)10-13(16-14)15(17)18/h4-5,7-8,10H,2-3,6,9H2,1H3,(H,17,18). The van der Waals surface area contributed by atoms with Crippen LogP contribution in [0.4, 0.5) is 0 Å². The maximum Gasteiger partial charge on any atom is 0.354 e. The van der Waals surface area contributed by atoms with Crippen LogP contribution in [-0.4, -0.2) is 21.8 Å². The first-order valence-electron chi connectivity index (χ1n) is 6.48. The van der Waals surface area contributed by atoms with Gasteiger partial charge in [-0.25, -0.2) is 9.78 Å². The molecule has 0 aliphatic heterocycles. The Balaban J connectivity index is 2.31. The molecule has 0 amide bonds. The predicted molar refractivity (Wildman–Crippen MR) is 79.0 cm³/mol. The lowest BCUT2D eigenvalue weighted by atomic mass is 10.1. The molecule has 1 N–H and O–H groups in total. The fourth-order valence-electron chi connectivity index (χ4n) is 1.91. The summed E-state index contributed by atoms with van der Waals surface area (Å²) in [4.78, 5) is 15.4. The third kappa shape index (κ3) is 3.47. The average molecular weight is 275 g/mol. The minimum Gasteiger partial charge on any atom is -0.477 e. The Morgan fingerprint density at radius 3 is 2.84 bits per heavy atom. The van der Waals surface area contributed by atoms with Gasteiger partial charge in [0.1, 0.15) is 10.7 Å². The summed E-state index contributed by atoms with van der Waals surface area (Å²) in [5.74, 6) is 0.00892. The number of carboxylic acids is 1. The van der Waals surface area contributed by atoms with Crippen molar-refractivity contribution in [3.05, 3.63) is 36.0 Å². The van der Waals surface area contributed by atoms with Crippen LogP contribution in [-0.2, 0) is 0 Å². The highest BCUT2D eigenvalue weighted by molar-refractivity contribution is 7.99. The van der Waals surface area contributed by atoms with Crippen LogP contribution in [0.25, 0.3) is 10.8 Å². The third-order valence-electron chi connectivity index (χ3n) is 2.91. The number of rotatable bonds is 6. The largest absolute Gasteiger partial charge is 0.477 e. The zero-order chi connectivity index (χ0) is 13.7. The molecule has 0 atom stereocenters. The Labute approximate surface area is 117 Å². The maximum atomic E-state index is 11.1. The Hall–Kier alpha value is -1.55. The Bertz CT molecular complexity index is 583. The molecule has 3 nitrogen and oxygen atoms in total. The second-order valence-corrected chi connectivity index (χ2v) is 5.48. The Morgan fingerprint density at radius 2 is 2.11 bits per heavy atom. The van der Waals surface area contributed by atoms with Gasteiger partial charge in [-0.2, -0.15) is 0 Å². The number of carbonyl (C=O) groups is 1. The molecule has 0 fully saturated rings. The van der Waals surface area contributed by atoms with E-state index < -0.39 is 5.97 Å². The monoisotopic (exact) mass is 275 g/mol. The van der Waals surface area contributed by atoms with Crippen molar-refractivity contribution in [3.63, 3.8) is 0 Å². The number of aromatic nitrogens is 1. The van der Waals surface area contributed by atoms with E-state index in [1.54, 1.807) is 17.8 Å². The van der Waals surface area contributed by atoms with Crippen molar-refractivity contribution in [1.29, 1.82) is 0 Å². The summed E-state index contributed by atoms with van der Waals surface area (Å²) in [5.41, 5.74) is 0.122. The molecule has 2 aromatic rings. The van der Waals surface area contributed by atoms with Crippen LogP contribution >= 0.6 is 11.8 Å². The number of pyridine rings is 1. The van der Waals surface area contributed by atoms with Crippen molar-refractivity contribution in [2.75, 3.05) is 5.75 Å². The first-order valence-corrected chi connectivity index (χ1v) is 7.47. The number of thioether (sulfide) groups is 1. The average Bonchev–Trinajstić information content (AvgIpc) is 2.43. The molecule has 0 unspecified atom stereocenters. The molecule has 4 heteroatoms.